The Kier molecular flexibility index (Phi) is 5.92. The van der Waals surface area contributed by atoms with Gasteiger partial charge < -0.3 is 15.4 Å². The van der Waals surface area contributed by atoms with E-state index in [1.54, 1.807) is 12.0 Å². The van der Waals surface area contributed by atoms with Gasteiger partial charge in [-0.25, -0.2) is 0 Å². The third-order valence-corrected chi connectivity index (χ3v) is 3.93. The molecular weight excluding hydrogens is 216 g/mol. The van der Waals surface area contributed by atoms with Crippen LogP contribution in [0.4, 0.5) is 0 Å². The number of hydrogen-bond donors (Lipinski definition) is 1. The first-order valence-electron chi connectivity index (χ1n) is 6.56. The number of nitrogens with zero attached hydrogens (tertiary/aromatic N) is 1. The maximum absolute atomic E-state index is 12.1. The molecule has 1 saturated carbocycles. The summed E-state index contributed by atoms with van der Waals surface area (Å²) < 4.78 is 4.99. The average Bonchev–Trinajstić information content (AvgIpc) is 2.36. The minimum Gasteiger partial charge on any atom is -0.383 e. The first-order chi connectivity index (χ1) is 8.13. The molecule has 0 aromatic carbocycles. The van der Waals surface area contributed by atoms with E-state index in [9.17, 15) is 4.79 Å². The molecule has 4 nitrogen and oxygen atoms in total. The van der Waals surface area contributed by atoms with Gasteiger partial charge in [-0.3, -0.25) is 4.79 Å². The summed E-state index contributed by atoms with van der Waals surface area (Å²) in [6.07, 6.45) is 6.53. The lowest BCUT2D eigenvalue weighted by Gasteiger charge is -2.36. The lowest BCUT2D eigenvalue weighted by atomic mass is 9.71. The zero-order valence-corrected chi connectivity index (χ0v) is 11.2. The van der Waals surface area contributed by atoms with Crippen molar-refractivity contribution in [2.45, 2.75) is 38.5 Å². The Hall–Kier alpha value is -0.610. The minimum absolute atomic E-state index is 0.0661. The van der Waals surface area contributed by atoms with Crippen LogP contribution in [0, 0.1) is 5.41 Å². The topological polar surface area (TPSA) is 55.6 Å². The molecule has 4 heteroatoms. The van der Waals surface area contributed by atoms with Crippen LogP contribution in [-0.4, -0.2) is 44.7 Å². The fourth-order valence-corrected chi connectivity index (χ4v) is 2.56. The first kappa shape index (κ1) is 14.5. The van der Waals surface area contributed by atoms with Crippen molar-refractivity contribution in [1.82, 2.24) is 4.90 Å². The van der Waals surface area contributed by atoms with Crippen molar-refractivity contribution in [3.05, 3.63) is 0 Å². The predicted octanol–water partition coefficient (Wildman–Crippen LogP) is 1.39. The summed E-state index contributed by atoms with van der Waals surface area (Å²) in [6, 6.07) is 0. The molecule has 0 aromatic rings. The highest BCUT2D eigenvalue weighted by Crippen LogP contribution is 2.38. The molecule has 1 amide bonds. The van der Waals surface area contributed by atoms with E-state index in [0.29, 0.717) is 26.1 Å². The number of hydrogen-bond acceptors (Lipinski definition) is 3. The van der Waals surface area contributed by atoms with Gasteiger partial charge in [-0.15, -0.1) is 0 Å². The first-order valence-corrected chi connectivity index (χ1v) is 6.56. The fraction of sp³-hybridized carbons (Fsp3) is 0.923. The number of amides is 1. The zero-order chi connectivity index (χ0) is 12.7. The number of ether oxygens (including phenoxy) is 1. The maximum atomic E-state index is 12.1. The van der Waals surface area contributed by atoms with Gasteiger partial charge in [0, 0.05) is 27.1 Å². The van der Waals surface area contributed by atoms with E-state index in [1.165, 1.54) is 19.3 Å². The van der Waals surface area contributed by atoms with E-state index in [2.05, 4.69) is 0 Å². The monoisotopic (exact) mass is 242 g/mol. The minimum atomic E-state index is 0.0661. The molecule has 0 atom stereocenters. The van der Waals surface area contributed by atoms with Gasteiger partial charge in [-0.05, 0) is 24.8 Å². The highest BCUT2D eigenvalue weighted by Gasteiger charge is 2.33. The number of rotatable bonds is 6. The Morgan fingerprint density at radius 3 is 2.53 bits per heavy atom. The smallest absolute Gasteiger partial charge is 0.222 e. The van der Waals surface area contributed by atoms with Crippen LogP contribution in [0.3, 0.4) is 0 Å². The molecule has 0 aliphatic heterocycles. The number of methoxy groups -OCH3 is 1. The fourth-order valence-electron chi connectivity index (χ4n) is 2.56. The lowest BCUT2D eigenvalue weighted by Crippen LogP contribution is -2.40. The Labute approximate surface area is 104 Å². The van der Waals surface area contributed by atoms with E-state index < -0.39 is 0 Å². The van der Waals surface area contributed by atoms with E-state index in [-0.39, 0.29) is 11.3 Å². The molecule has 1 fully saturated rings. The maximum Gasteiger partial charge on any atom is 0.222 e. The quantitative estimate of drug-likeness (QED) is 0.766. The Morgan fingerprint density at radius 1 is 1.35 bits per heavy atom. The molecule has 0 aromatic heterocycles. The molecule has 1 rings (SSSR count). The van der Waals surface area contributed by atoms with Gasteiger partial charge >= 0.3 is 0 Å². The van der Waals surface area contributed by atoms with E-state index in [4.69, 9.17) is 10.5 Å². The van der Waals surface area contributed by atoms with E-state index >= 15 is 0 Å². The summed E-state index contributed by atoms with van der Waals surface area (Å²) in [4.78, 5) is 13.9. The van der Waals surface area contributed by atoms with Crippen molar-refractivity contribution in [2.24, 2.45) is 11.1 Å². The van der Waals surface area contributed by atoms with E-state index in [0.717, 1.165) is 12.8 Å². The van der Waals surface area contributed by atoms with Crippen LogP contribution in [-0.2, 0) is 9.53 Å². The predicted molar refractivity (Wildman–Crippen MR) is 68.7 cm³/mol. The third-order valence-electron chi connectivity index (χ3n) is 3.93. The van der Waals surface area contributed by atoms with Crippen LogP contribution in [0.5, 0.6) is 0 Å². The van der Waals surface area contributed by atoms with Crippen LogP contribution in [0.15, 0.2) is 0 Å². The molecule has 0 spiro atoms. The van der Waals surface area contributed by atoms with E-state index in [1.807, 2.05) is 7.05 Å². The van der Waals surface area contributed by atoms with Crippen LogP contribution in [0.2, 0.25) is 0 Å². The number of carbonyl (C=O) groups excluding carboxylic acids is 1. The molecule has 100 valence electrons. The average molecular weight is 242 g/mol. The normalized spacial score (nSPS) is 19.0. The zero-order valence-electron chi connectivity index (χ0n) is 11.2. The second kappa shape index (κ2) is 6.97. The lowest BCUT2D eigenvalue weighted by molar-refractivity contribution is -0.133. The number of carbonyl (C=O) groups is 1. The molecule has 17 heavy (non-hydrogen) atoms. The van der Waals surface area contributed by atoms with Crippen LogP contribution >= 0.6 is 0 Å². The summed E-state index contributed by atoms with van der Waals surface area (Å²) in [6.45, 7) is 1.89. The Bertz CT molecular complexity index is 238. The van der Waals surface area contributed by atoms with Gasteiger partial charge in [-0.1, -0.05) is 19.3 Å². The van der Waals surface area contributed by atoms with Crippen LogP contribution in [0.25, 0.3) is 0 Å². The molecule has 0 saturated heterocycles. The van der Waals surface area contributed by atoms with Crippen LogP contribution < -0.4 is 5.73 Å². The third kappa shape index (κ3) is 4.28. The summed E-state index contributed by atoms with van der Waals surface area (Å²) in [5.41, 5.74) is 5.96. The molecule has 0 radical (unpaired) electrons. The molecule has 0 heterocycles. The highest BCUT2D eigenvalue weighted by molar-refractivity contribution is 5.76. The van der Waals surface area contributed by atoms with Gasteiger partial charge in [0.15, 0.2) is 0 Å². The second-order valence-corrected chi connectivity index (χ2v) is 5.25. The number of likely N-dealkylation sites (N-methyl/N-ethyl adjacent to an activating group) is 1. The van der Waals surface area contributed by atoms with Gasteiger partial charge in [0.1, 0.15) is 0 Å². The van der Waals surface area contributed by atoms with Crippen molar-refractivity contribution >= 4 is 5.91 Å². The van der Waals surface area contributed by atoms with Gasteiger partial charge in [0.25, 0.3) is 0 Å². The largest absolute Gasteiger partial charge is 0.383 e. The highest BCUT2D eigenvalue weighted by atomic mass is 16.5. The van der Waals surface area contributed by atoms with Gasteiger partial charge in [0.05, 0.1) is 6.61 Å². The number of nitrogens with two attached hydrogens (primary N) is 1. The summed E-state index contributed by atoms with van der Waals surface area (Å²) in [7, 11) is 3.50. The summed E-state index contributed by atoms with van der Waals surface area (Å²) in [5, 5.41) is 0. The van der Waals surface area contributed by atoms with Crippen LogP contribution in [0.1, 0.15) is 38.5 Å². The molecule has 0 bridgehead atoms. The van der Waals surface area contributed by atoms with Gasteiger partial charge in [0.2, 0.25) is 5.91 Å². The standard InChI is InChI=1S/C13H26N2O2/c1-15(8-9-17-2)12(16)10-13(11-14)6-4-3-5-7-13/h3-11,14H2,1-2H3. The van der Waals surface area contributed by atoms with Gasteiger partial charge in [-0.2, -0.15) is 0 Å². The second-order valence-electron chi connectivity index (χ2n) is 5.25. The van der Waals surface area contributed by atoms with Crippen molar-refractivity contribution in [3.8, 4) is 0 Å². The molecule has 2 N–H and O–H groups in total. The van der Waals surface area contributed by atoms with Crippen molar-refractivity contribution in [2.75, 3.05) is 33.9 Å². The van der Waals surface area contributed by atoms with Crippen molar-refractivity contribution in [1.29, 1.82) is 0 Å². The molecule has 0 unspecified atom stereocenters. The molecule has 1 aliphatic rings. The molecule has 1 aliphatic carbocycles. The van der Waals surface area contributed by atoms with Crippen molar-refractivity contribution < 1.29 is 9.53 Å². The Balaban J connectivity index is 2.46. The summed E-state index contributed by atoms with van der Waals surface area (Å²) >= 11 is 0. The molecular formula is C13H26N2O2. The summed E-state index contributed by atoms with van der Waals surface area (Å²) in [5.74, 6) is 0.203. The van der Waals surface area contributed by atoms with Crippen molar-refractivity contribution in [3.63, 3.8) is 0 Å². The SMILES string of the molecule is COCCN(C)C(=O)CC1(CN)CCCCC1. The Morgan fingerprint density at radius 2 is 2.00 bits per heavy atom.